The molecule has 1 aromatic heterocycles. The van der Waals surface area contributed by atoms with Crippen LogP contribution in [0, 0.1) is 24.2 Å². The summed E-state index contributed by atoms with van der Waals surface area (Å²) in [6.07, 6.45) is 1.54. The van der Waals surface area contributed by atoms with Crippen LogP contribution in [0.25, 0.3) is 0 Å². The molecule has 1 N–H and O–H groups in total. The summed E-state index contributed by atoms with van der Waals surface area (Å²) in [5, 5.41) is 14.2. The van der Waals surface area contributed by atoms with Crippen LogP contribution in [-0.2, 0) is 4.79 Å². The number of aryl methyl sites for hydroxylation is 1. The molecule has 0 spiro atoms. The zero-order valence-electron chi connectivity index (χ0n) is 14.0. The zero-order chi connectivity index (χ0) is 17.8. The van der Waals surface area contributed by atoms with E-state index in [-0.39, 0.29) is 17.7 Å². The molecule has 1 fully saturated rings. The van der Waals surface area contributed by atoms with Gasteiger partial charge in [-0.1, -0.05) is 17.7 Å². The van der Waals surface area contributed by atoms with Gasteiger partial charge in [-0.3, -0.25) is 9.59 Å². The minimum Gasteiger partial charge on any atom is -0.338 e. The molecule has 1 unspecified atom stereocenters. The lowest BCUT2D eigenvalue weighted by atomic mass is 9.96. The molecule has 1 aromatic carbocycles. The third kappa shape index (κ3) is 3.89. The van der Waals surface area contributed by atoms with E-state index in [1.165, 1.54) is 11.3 Å². The first-order valence-electron chi connectivity index (χ1n) is 8.23. The van der Waals surface area contributed by atoms with Gasteiger partial charge in [0.25, 0.3) is 5.91 Å². The van der Waals surface area contributed by atoms with Crippen molar-refractivity contribution in [3.63, 3.8) is 0 Å². The molecule has 1 aliphatic heterocycles. The lowest BCUT2D eigenvalue weighted by molar-refractivity contribution is -0.121. The Balaban J connectivity index is 1.66. The Hall–Kier alpha value is -2.65. The molecule has 2 heterocycles. The summed E-state index contributed by atoms with van der Waals surface area (Å²) < 4.78 is 0. The minimum absolute atomic E-state index is 0.0358. The largest absolute Gasteiger partial charge is 0.338 e. The molecule has 3 rings (SSSR count). The molecule has 25 heavy (non-hydrogen) atoms. The zero-order valence-corrected chi connectivity index (χ0v) is 14.8. The monoisotopic (exact) mass is 353 g/mol. The number of likely N-dealkylation sites (tertiary alicyclic amines) is 1. The first-order valence-corrected chi connectivity index (χ1v) is 9.11. The van der Waals surface area contributed by atoms with Crippen molar-refractivity contribution in [3.8, 4) is 6.07 Å². The molecule has 0 bridgehead atoms. The maximum absolute atomic E-state index is 12.6. The van der Waals surface area contributed by atoms with Gasteiger partial charge in [-0.05, 0) is 43.3 Å². The summed E-state index contributed by atoms with van der Waals surface area (Å²) in [4.78, 5) is 26.9. The number of piperidine rings is 1. The van der Waals surface area contributed by atoms with Gasteiger partial charge < -0.3 is 10.2 Å². The fourth-order valence-corrected chi connectivity index (χ4v) is 3.70. The topological polar surface area (TPSA) is 73.2 Å². The number of hydrogen-bond donors (Lipinski definition) is 1. The van der Waals surface area contributed by atoms with Gasteiger partial charge in [0.15, 0.2) is 0 Å². The van der Waals surface area contributed by atoms with E-state index >= 15 is 0 Å². The van der Waals surface area contributed by atoms with Crippen LogP contribution in [0.1, 0.15) is 34.3 Å². The number of benzene rings is 1. The molecule has 5 nitrogen and oxygen atoms in total. The maximum atomic E-state index is 12.6. The molecule has 1 aliphatic rings. The van der Waals surface area contributed by atoms with Gasteiger partial charge in [0.05, 0.1) is 11.5 Å². The lowest BCUT2D eigenvalue weighted by Gasteiger charge is -2.32. The van der Waals surface area contributed by atoms with E-state index in [2.05, 4.69) is 11.4 Å². The molecular weight excluding hydrogens is 334 g/mol. The second kappa shape index (κ2) is 7.49. The van der Waals surface area contributed by atoms with Crippen molar-refractivity contribution in [1.82, 2.24) is 4.90 Å². The van der Waals surface area contributed by atoms with Gasteiger partial charge in [0, 0.05) is 18.7 Å². The number of carbonyl (C=O) groups excluding carboxylic acids is 2. The van der Waals surface area contributed by atoms with E-state index in [0.717, 1.165) is 18.4 Å². The summed E-state index contributed by atoms with van der Waals surface area (Å²) in [6, 6.07) is 11.2. The number of rotatable bonds is 3. The number of amides is 2. The standard InChI is InChI=1S/C19H19N3O2S/c1-13-4-6-14(7-5-13)19(24)22-9-2-3-16(12-22)17(23)21-18-15(11-20)8-10-25-18/h4-8,10,16H,2-3,9,12H2,1H3,(H,21,23). The highest BCUT2D eigenvalue weighted by Crippen LogP contribution is 2.25. The van der Waals surface area contributed by atoms with Gasteiger partial charge in [-0.2, -0.15) is 5.26 Å². The van der Waals surface area contributed by atoms with Crippen molar-refractivity contribution in [3.05, 3.63) is 52.4 Å². The third-order valence-corrected chi connectivity index (χ3v) is 5.23. The van der Waals surface area contributed by atoms with E-state index in [4.69, 9.17) is 5.26 Å². The van der Waals surface area contributed by atoms with Crippen LogP contribution in [0.2, 0.25) is 0 Å². The lowest BCUT2D eigenvalue weighted by Crippen LogP contribution is -2.43. The van der Waals surface area contributed by atoms with Crippen LogP contribution in [0.15, 0.2) is 35.7 Å². The smallest absolute Gasteiger partial charge is 0.253 e. The summed E-state index contributed by atoms with van der Waals surface area (Å²) in [5.74, 6) is -0.413. The number of hydrogen-bond acceptors (Lipinski definition) is 4. The van der Waals surface area contributed by atoms with E-state index < -0.39 is 0 Å². The summed E-state index contributed by atoms with van der Waals surface area (Å²) in [5.41, 5.74) is 2.23. The molecule has 0 radical (unpaired) electrons. The van der Waals surface area contributed by atoms with E-state index in [1.54, 1.807) is 16.3 Å². The predicted molar refractivity (Wildman–Crippen MR) is 97.5 cm³/mol. The fraction of sp³-hybridized carbons (Fsp3) is 0.316. The Kier molecular flexibility index (Phi) is 5.15. The van der Waals surface area contributed by atoms with Crippen LogP contribution >= 0.6 is 11.3 Å². The average Bonchev–Trinajstić information content (AvgIpc) is 3.09. The SMILES string of the molecule is Cc1ccc(C(=O)N2CCCC(C(=O)Nc3sccc3C#N)C2)cc1. The molecule has 1 atom stereocenters. The fourth-order valence-electron chi connectivity index (χ4n) is 2.96. The van der Waals surface area contributed by atoms with Crippen molar-refractivity contribution in [2.75, 3.05) is 18.4 Å². The molecule has 0 aliphatic carbocycles. The quantitative estimate of drug-likeness (QED) is 0.919. The first-order chi connectivity index (χ1) is 12.1. The summed E-state index contributed by atoms with van der Waals surface area (Å²) >= 11 is 1.34. The molecule has 2 amide bonds. The first kappa shape index (κ1) is 17.2. The van der Waals surface area contributed by atoms with Crippen LogP contribution < -0.4 is 5.32 Å². The van der Waals surface area contributed by atoms with E-state index in [1.807, 2.05) is 31.2 Å². The number of nitriles is 1. The van der Waals surface area contributed by atoms with Crippen LogP contribution in [0.3, 0.4) is 0 Å². The average molecular weight is 353 g/mol. The Labute approximate surface area is 150 Å². The molecule has 6 heteroatoms. The Morgan fingerprint density at radius 3 is 2.76 bits per heavy atom. The third-order valence-electron chi connectivity index (χ3n) is 4.40. The maximum Gasteiger partial charge on any atom is 0.253 e. The number of nitrogens with zero attached hydrogens (tertiary/aromatic N) is 2. The highest BCUT2D eigenvalue weighted by molar-refractivity contribution is 7.14. The highest BCUT2D eigenvalue weighted by atomic mass is 32.1. The van der Waals surface area contributed by atoms with Crippen molar-refractivity contribution < 1.29 is 9.59 Å². The van der Waals surface area contributed by atoms with E-state index in [9.17, 15) is 9.59 Å². The van der Waals surface area contributed by atoms with Crippen molar-refractivity contribution >= 4 is 28.2 Å². The van der Waals surface area contributed by atoms with Crippen molar-refractivity contribution in [1.29, 1.82) is 5.26 Å². The van der Waals surface area contributed by atoms with Gasteiger partial charge in [0.2, 0.25) is 5.91 Å². The number of thiophene rings is 1. The molecule has 0 saturated carbocycles. The Morgan fingerprint density at radius 1 is 1.28 bits per heavy atom. The van der Waals surface area contributed by atoms with Crippen LogP contribution in [0.4, 0.5) is 5.00 Å². The second-order valence-electron chi connectivity index (χ2n) is 6.22. The Morgan fingerprint density at radius 2 is 2.04 bits per heavy atom. The number of anilines is 1. The normalized spacial score (nSPS) is 17.0. The Bertz CT molecular complexity index is 820. The number of carbonyl (C=O) groups is 2. The molecule has 2 aromatic rings. The van der Waals surface area contributed by atoms with Gasteiger partial charge in [-0.15, -0.1) is 11.3 Å². The molecule has 1 saturated heterocycles. The van der Waals surface area contributed by atoms with E-state index in [0.29, 0.717) is 29.2 Å². The van der Waals surface area contributed by atoms with Crippen molar-refractivity contribution in [2.45, 2.75) is 19.8 Å². The molecule has 128 valence electrons. The highest BCUT2D eigenvalue weighted by Gasteiger charge is 2.29. The van der Waals surface area contributed by atoms with Gasteiger partial charge >= 0.3 is 0 Å². The summed E-state index contributed by atoms with van der Waals surface area (Å²) in [7, 11) is 0. The van der Waals surface area contributed by atoms with Gasteiger partial charge in [-0.25, -0.2) is 0 Å². The summed E-state index contributed by atoms with van der Waals surface area (Å²) in [6.45, 7) is 3.06. The minimum atomic E-state index is -0.253. The van der Waals surface area contributed by atoms with Crippen molar-refractivity contribution in [2.24, 2.45) is 5.92 Å². The predicted octanol–water partition coefficient (Wildman–Crippen LogP) is 3.42. The van der Waals surface area contributed by atoms with Gasteiger partial charge in [0.1, 0.15) is 11.1 Å². The van der Waals surface area contributed by atoms with Crippen LogP contribution in [0.5, 0.6) is 0 Å². The molecular formula is C19H19N3O2S. The number of nitrogens with one attached hydrogen (secondary N) is 1. The second-order valence-corrected chi connectivity index (χ2v) is 7.14. The van der Waals surface area contributed by atoms with Crippen LogP contribution in [-0.4, -0.2) is 29.8 Å².